The molecule has 2 rings (SSSR count). The Hall–Kier alpha value is -1.56. The fraction of sp³-hybridized carbons (Fsp3) is 0.778. The maximum absolute atomic E-state index is 6.00. The minimum absolute atomic E-state index is 0.457. The predicted octanol–water partition coefficient (Wildman–Crippen LogP) is 2.42. The quantitative estimate of drug-likeness (QED) is 0.331. The zero-order chi connectivity index (χ0) is 17.0. The van der Waals surface area contributed by atoms with Crippen molar-refractivity contribution in [2.24, 2.45) is 10.9 Å². The molecule has 1 aliphatic rings. The van der Waals surface area contributed by atoms with Gasteiger partial charge in [-0.3, -0.25) is 9.67 Å². The summed E-state index contributed by atoms with van der Waals surface area (Å²) in [7, 11) is 1.81. The first-order valence-corrected chi connectivity index (χ1v) is 9.31. The molecule has 6 heteroatoms. The molecule has 1 aliphatic carbocycles. The molecule has 0 bridgehead atoms. The van der Waals surface area contributed by atoms with Crippen molar-refractivity contribution in [3.8, 4) is 0 Å². The first-order valence-electron chi connectivity index (χ1n) is 9.31. The maximum Gasteiger partial charge on any atom is 0.191 e. The highest BCUT2D eigenvalue weighted by Gasteiger charge is 2.12. The van der Waals surface area contributed by atoms with E-state index in [1.54, 1.807) is 7.05 Å². The third kappa shape index (κ3) is 7.34. The lowest BCUT2D eigenvalue weighted by molar-refractivity contribution is 0.0468. The fourth-order valence-electron chi connectivity index (χ4n) is 3.09. The van der Waals surface area contributed by atoms with Crippen molar-refractivity contribution in [3.63, 3.8) is 0 Å². The van der Waals surface area contributed by atoms with Gasteiger partial charge in [-0.2, -0.15) is 5.10 Å². The van der Waals surface area contributed by atoms with Crippen molar-refractivity contribution in [2.75, 3.05) is 26.7 Å². The van der Waals surface area contributed by atoms with Crippen LogP contribution in [0.3, 0.4) is 0 Å². The van der Waals surface area contributed by atoms with E-state index < -0.39 is 0 Å². The largest absolute Gasteiger partial charge is 0.376 e. The highest BCUT2D eigenvalue weighted by Crippen LogP contribution is 2.19. The number of nitrogens with zero attached hydrogens (tertiary/aromatic N) is 3. The molecule has 0 amide bonds. The summed E-state index contributed by atoms with van der Waals surface area (Å²) < 4.78 is 7.96. The molecule has 6 nitrogen and oxygen atoms in total. The number of rotatable bonds is 8. The molecular weight excluding hydrogens is 302 g/mol. The second-order valence-electron chi connectivity index (χ2n) is 6.70. The van der Waals surface area contributed by atoms with Crippen molar-refractivity contribution in [1.29, 1.82) is 0 Å². The van der Waals surface area contributed by atoms with Gasteiger partial charge < -0.3 is 15.4 Å². The van der Waals surface area contributed by atoms with E-state index in [1.165, 1.54) is 38.5 Å². The van der Waals surface area contributed by atoms with Gasteiger partial charge in [0.1, 0.15) is 0 Å². The molecule has 0 radical (unpaired) electrons. The summed E-state index contributed by atoms with van der Waals surface area (Å²) in [5.41, 5.74) is 0. The predicted molar refractivity (Wildman–Crippen MR) is 98.2 cm³/mol. The molecule has 24 heavy (non-hydrogen) atoms. The van der Waals surface area contributed by atoms with Gasteiger partial charge in [0.25, 0.3) is 0 Å². The highest BCUT2D eigenvalue weighted by molar-refractivity contribution is 5.79. The molecule has 2 N–H and O–H groups in total. The monoisotopic (exact) mass is 335 g/mol. The summed E-state index contributed by atoms with van der Waals surface area (Å²) in [5, 5.41) is 10.9. The van der Waals surface area contributed by atoms with Crippen molar-refractivity contribution in [1.82, 2.24) is 20.4 Å². The van der Waals surface area contributed by atoms with E-state index in [2.05, 4.69) is 27.6 Å². The Morgan fingerprint density at radius 2 is 2.08 bits per heavy atom. The molecule has 1 saturated carbocycles. The molecular formula is C18H33N5O. The number of hydrogen-bond acceptors (Lipinski definition) is 3. The van der Waals surface area contributed by atoms with E-state index in [1.807, 2.05) is 23.1 Å². The number of aromatic nitrogens is 2. The van der Waals surface area contributed by atoms with Crippen LogP contribution in [0.2, 0.25) is 0 Å². The first kappa shape index (κ1) is 18.8. The van der Waals surface area contributed by atoms with E-state index in [4.69, 9.17) is 4.74 Å². The minimum Gasteiger partial charge on any atom is -0.376 e. The van der Waals surface area contributed by atoms with Crippen LogP contribution in [0.5, 0.6) is 0 Å². The Kier molecular flexibility index (Phi) is 8.66. The molecule has 1 heterocycles. The van der Waals surface area contributed by atoms with Crippen molar-refractivity contribution >= 4 is 5.96 Å². The lowest BCUT2D eigenvalue weighted by Gasteiger charge is -2.18. The first-order chi connectivity index (χ1) is 11.8. The second kappa shape index (κ2) is 11.1. The zero-order valence-electron chi connectivity index (χ0n) is 15.2. The molecule has 1 aromatic heterocycles. The van der Waals surface area contributed by atoms with Gasteiger partial charge >= 0.3 is 0 Å². The van der Waals surface area contributed by atoms with E-state index in [0.717, 1.165) is 32.2 Å². The topological polar surface area (TPSA) is 63.5 Å². The maximum atomic E-state index is 6.00. The van der Waals surface area contributed by atoms with Crippen LogP contribution in [0.25, 0.3) is 0 Å². The molecule has 136 valence electrons. The Morgan fingerprint density at radius 3 is 2.75 bits per heavy atom. The van der Waals surface area contributed by atoms with Gasteiger partial charge in [-0.25, -0.2) is 0 Å². The average Bonchev–Trinajstić information content (AvgIpc) is 2.95. The molecule has 1 atom stereocenters. The van der Waals surface area contributed by atoms with Crippen LogP contribution in [-0.4, -0.2) is 48.6 Å². The van der Waals surface area contributed by atoms with Crippen molar-refractivity contribution in [3.05, 3.63) is 18.5 Å². The molecule has 1 fully saturated rings. The van der Waals surface area contributed by atoms with Crippen LogP contribution in [0.1, 0.15) is 45.4 Å². The molecule has 1 aromatic rings. The van der Waals surface area contributed by atoms with Crippen molar-refractivity contribution < 1.29 is 4.74 Å². The summed E-state index contributed by atoms with van der Waals surface area (Å²) in [6.07, 6.45) is 12.1. The van der Waals surface area contributed by atoms with Gasteiger partial charge in [-0.1, -0.05) is 32.6 Å². The van der Waals surface area contributed by atoms with Crippen LogP contribution in [0.4, 0.5) is 0 Å². The summed E-state index contributed by atoms with van der Waals surface area (Å²) in [6.45, 7) is 5.51. The third-order valence-electron chi connectivity index (χ3n) is 4.45. The van der Waals surface area contributed by atoms with Gasteiger partial charge in [0, 0.05) is 39.1 Å². The highest BCUT2D eigenvalue weighted by atomic mass is 16.5. The summed E-state index contributed by atoms with van der Waals surface area (Å²) in [5.74, 6) is 1.32. The van der Waals surface area contributed by atoms with E-state index in [0.29, 0.717) is 12.0 Å². The molecule has 1 unspecified atom stereocenters. The molecule has 0 spiro atoms. The number of guanidine groups is 1. The summed E-state index contributed by atoms with van der Waals surface area (Å²) in [6, 6.07) is 1.95. The standard InChI is InChI=1S/C18H33N5O/c1-16(15-23-12-7-10-22-23)14-21-18(19-2)20-11-13-24-17-8-5-3-4-6-9-17/h7,10,12,16-17H,3-6,8-9,11,13-15H2,1-2H3,(H2,19,20,21). The van der Waals surface area contributed by atoms with E-state index in [-0.39, 0.29) is 0 Å². The number of aliphatic imine (C=N–C) groups is 1. The lowest BCUT2D eigenvalue weighted by atomic mass is 10.1. The van der Waals surface area contributed by atoms with E-state index >= 15 is 0 Å². The Morgan fingerprint density at radius 1 is 1.29 bits per heavy atom. The Balaban J connectivity index is 1.56. The van der Waals surface area contributed by atoms with Gasteiger partial charge in [0.05, 0.1) is 12.7 Å². The number of hydrogen-bond donors (Lipinski definition) is 2. The van der Waals surface area contributed by atoms with Crippen molar-refractivity contribution in [2.45, 2.75) is 58.1 Å². The van der Waals surface area contributed by atoms with Gasteiger partial charge in [0.2, 0.25) is 0 Å². The SMILES string of the molecule is CN=C(NCCOC1CCCCCC1)NCC(C)Cn1cccn1. The molecule has 0 aliphatic heterocycles. The van der Waals surface area contributed by atoms with Gasteiger partial charge in [-0.15, -0.1) is 0 Å². The Bertz CT molecular complexity index is 452. The van der Waals surface area contributed by atoms with Crippen LogP contribution in [-0.2, 0) is 11.3 Å². The van der Waals surface area contributed by atoms with E-state index in [9.17, 15) is 0 Å². The van der Waals surface area contributed by atoms with Gasteiger partial charge in [-0.05, 0) is 24.8 Å². The molecule has 0 saturated heterocycles. The van der Waals surface area contributed by atoms with Crippen LogP contribution < -0.4 is 10.6 Å². The number of nitrogens with one attached hydrogen (secondary N) is 2. The number of ether oxygens (including phenoxy) is 1. The third-order valence-corrected chi connectivity index (χ3v) is 4.45. The van der Waals surface area contributed by atoms with Gasteiger partial charge in [0.15, 0.2) is 5.96 Å². The zero-order valence-corrected chi connectivity index (χ0v) is 15.2. The van der Waals surface area contributed by atoms with Crippen LogP contribution in [0.15, 0.2) is 23.5 Å². The fourth-order valence-corrected chi connectivity index (χ4v) is 3.09. The summed E-state index contributed by atoms with van der Waals surface area (Å²) in [4.78, 5) is 4.27. The lowest BCUT2D eigenvalue weighted by Crippen LogP contribution is -2.41. The minimum atomic E-state index is 0.457. The van der Waals surface area contributed by atoms with Crippen LogP contribution >= 0.6 is 0 Å². The smallest absolute Gasteiger partial charge is 0.191 e. The molecule has 0 aromatic carbocycles. The Labute approximate surface area is 146 Å². The average molecular weight is 335 g/mol. The second-order valence-corrected chi connectivity index (χ2v) is 6.70. The normalized spacial score (nSPS) is 18.2. The summed E-state index contributed by atoms with van der Waals surface area (Å²) >= 11 is 0. The van der Waals surface area contributed by atoms with Crippen LogP contribution in [0, 0.1) is 5.92 Å².